The number of alkyl halides is 1. The van der Waals surface area contributed by atoms with Crippen molar-refractivity contribution in [1.29, 1.82) is 0 Å². The van der Waals surface area contributed by atoms with Crippen LogP contribution in [0.3, 0.4) is 0 Å². The van der Waals surface area contributed by atoms with Crippen molar-refractivity contribution in [3.8, 4) is 0 Å². The quantitative estimate of drug-likeness (QED) is 0.507. The molecule has 0 atom stereocenters. The van der Waals surface area contributed by atoms with Gasteiger partial charge in [0.15, 0.2) is 0 Å². The average Bonchev–Trinajstić information content (AvgIpc) is 1.96. The van der Waals surface area contributed by atoms with Crippen LogP contribution in [-0.2, 0) is 0 Å². The van der Waals surface area contributed by atoms with Crippen molar-refractivity contribution >= 4 is 0 Å². The normalized spacial score (nSPS) is 18.8. The van der Waals surface area contributed by atoms with Gasteiger partial charge in [-0.3, -0.25) is 4.39 Å². The van der Waals surface area contributed by atoms with Gasteiger partial charge in [0, 0.05) is 0 Å². The summed E-state index contributed by atoms with van der Waals surface area (Å²) in [6.07, 6.45) is 4.22. The predicted octanol–water partition coefficient (Wildman–Crippen LogP) is 1.35. The second kappa shape index (κ2) is 6.89. The molecule has 2 heteroatoms. The summed E-state index contributed by atoms with van der Waals surface area (Å²) in [5.74, 6) is 0. The molecule has 0 aliphatic carbocycles. The van der Waals surface area contributed by atoms with Crippen molar-refractivity contribution in [1.82, 2.24) is 5.32 Å². The SMILES string of the molecule is C1CCNCC1.CF. The number of rotatable bonds is 0. The summed E-state index contributed by atoms with van der Waals surface area (Å²) in [5.41, 5.74) is 0. The first-order valence-electron chi connectivity index (χ1n) is 3.09. The first kappa shape index (κ1) is 7.89. The number of piperidine rings is 1. The van der Waals surface area contributed by atoms with E-state index in [9.17, 15) is 4.39 Å². The van der Waals surface area contributed by atoms with Gasteiger partial charge in [-0.15, -0.1) is 0 Å². The molecular weight excluding hydrogens is 105 g/mol. The molecule has 0 unspecified atom stereocenters. The van der Waals surface area contributed by atoms with Crippen molar-refractivity contribution in [2.45, 2.75) is 19.3 Å². The van der Waals surface area contributed by atoms with Crippen LogP contribution in [0.25, 0.3) is 0 Å². The van der Waals surface area contributed by atoms with Crippen LogP contribution in [0.15, 0.2) is 0 Å². The summed E-state index contributed by atoms with van der Waals surface area (Å²) in [5, 5.41) is 3.28. The van der Waals surface area contributed by atoms with Crippen molar-refractivity contribution < 1.29 is 4.39 Å². The Kier molecular flexibility index (Phi) is 6.80. The third kappa shape index (κ3) is 4.06. The number of halogens is 1. The molecule has 0 saturated carbocycles. The highest BCUT2D eigenvalue weighted by Gasteiger charge is 1.93. The summed E-state index contributed by atoms with van der Waals surface area (Å²) >= 11 is 0. The van der Waals surface area contributed by atoms with Crippen LogP contribution in [0.5, 0.6) is 0 Å². The monoisotopic (exact) mass is 119 g/mol. The fourth-order valence-corrected chi connectivity index (χ4v) is 0.802. The topological polar surface area (TPSA) is 12.0 Å². The van der Waals surface area contributed by atoms with Gasteiger partial charge in [0.2, 0.25) is 0 Å². The highest BCUT2D eigenvalue weighted by atomic mass is 19.1. The molecule has 50 valence electrons. The van der Waals surface area contributed by atoms with Gasteiger partial charge < -0.3 is 5.32 Å². The van der Waals surface area contributed by atoms with Crippen LogP contribution < -0.4 is 5.32 Å². The van der Waals surface area contributed by atoms with Crippen LogP contribution in [0, 0.1) is 0 Å². The molecule has 1 nitrogen and oxygen atoms in total. The van der Waals surface area contributed by atoms with E-state index in [4.69, 9.17) is 0 Å². The van der Waals surface area contributed by atoms with Gasteiger partial charge in [-0.2, -0.15) is 0 Å². The van der Waals surface area contributed by atoms with Crippen molar-refractivity contribution in [2.24, 2.45) is 0 Å². The van der Waals surface area contributed by atoms with Crippen LogP contribution >= 0.6 is 0 Å². The molecular formula is C6H14FN. The summed E-state index contributed by atoms with van der Waals surface area (Å²) in [6.45, 7) is 2.50. The van der Waals surface area contributed by atoms with Crippen LogP contribution in [-0.4, -0.2) is 20.3 Å². The zero-order chi connectivity index (χ0) is 6.24. The van der Waals surface area contributed by atoms with E-state index >= 15 is 0 Å². The first-order valence-corrected chi connectivity index (χ1v) is 3.09. The molecule has 0 amide bonds. The Morgan fingerprint density at radius 3 is 1.62 bits per heavy atom. The summed E-state index contributed by atoms with van der Waals surface area (Å²) in [7, 11) is 0.500. The Balaban J connectivity index is 0.000000222. The van der Waals surface area contributed by atoms with Crippen molar-refractivity contribution in [2.75, 3.05) is 20.3 Å². The highest BCUT2D eigenvalue weighted by Crippen LogP contribution is 1.96. The lowest BCUT2D eigenvalue weighted by molar-refractivity contribution is 0.520. The lowest BCUT2D eigenvalue weighted by Crippen LogP contribution is -2.21. The highest BCUT2D eigenvalue weighted by molar-refractivity contribution is 4.55. The lowest BCUT2D eigenvalue weighted by Gasteiger charge is -2.08. The maximum Gasteiger partial charge on any atom is 0.0785 e. The molecule has 0 aromatic carbocycles. The van der Waals surface area contributed by atoms with E-state index in [-0.39, 0.29) is 0 Å². The average molecular weight is 119 g/mol. The van der Waals surface area contributed by atoms with Crippen LogP contribution in [0.1, 0.15) is 19.3 Å². The predicted molar refractivity (Wildman–Crippen MR) is 33.8 cm³/mol. The number of nitrogens with one attached hydrogen (secondary N) is 1. The Hall–Kier alpha value is -0.110. The third-order valence-corrected chi connectivity index (χ3v) is 1.21. The second-order valence-corrected chi connectivity index (χ2v) is 1.81. The summed E-state index contributed by atoms with van der Waals surface area (Å²) in [4.78, 5) is 0. The minimum atomic E-state index is 0.500. The smallest absolute Gasteiger partial charge is 0.0785 e. The van der Waals surface area contributed by atoms with Crippen molar-refractivity contribution in [3.05, 3.63) is 0 Å². The van der Waals surface area contributed by atoms with Crippen LogP contribution in [0.2, 0.25) is 0 Å². The molecule has 0 radical (unpaired) electrons. The Bertz CT molecular complexity index is 24.0. The third-order valence-electron chi connectivity index (χ3n) is 1.21. The fraction of sp³-hybridized carbons (Fsp3) is 1.00. The molecule has 0 aromatic heterocycles. The molecule has 1 N–H and O–H groups in total. The van der Waals surface area contributed by atoms with Gasteiger partial charge in [0.05, 0.1) is 7.18 Å². The molecule has 1 saturated heterocycles. The molecule has 1 heterocycles. The van der Waals surface area contributed by atoms with E-state index in [1.807, 2.05) is 0 Å². The van der Waals surface area contributed by atoms with E-state index < -0.39 is 0 Å². The molecule has 1 aliphatic rings. The van der Waals surface area contributed by atoms with Crippen molar-refractivity contribution in [3.63, 3.8) is 0 Å². The number of hydrogen-bond acceptors (Lipinski definition) is 1. The Labute approximate surface area is 50.3 Å². The van der Waals surface area contributed by atoms with E-state index in [0.717, 1.165) is 0 Å². The van der Waals surface area contributed by atoms with Gasteiger partial charge in [-0.25, -0.2) is 0 Å². The van der Waals surface area contributed by atoms with Gasteiger partial charge in [0.1, 0.15) is 0 Å². The van der Waals surface area contributed by atoms with Crippen LogP contribution in [0.4, 0.5) is 4.39 Å². The molecule has 1 rings (SSSR count). The second-order valence-electron chi connectivity index (χ2n) is 1.81. The van der Waals surface area contributed by atoms with E-state index in [1.165, 1.54) is 32.4 Å². The minimum absolute atomic E-state index is 0.500. The van der Waals surface area contributed by atoms with E-state index in [2.05, 4.69) is 5.32 Å². The van der Waals surface area contributed by atoms with Gasteiger partial charge in [-0.1, -0.05) is 6.42 Å². The van der Waals surface area contributed by atoms with Gasteiger partial charge in [-0.05, 0) is 25.9 Å². The molecule has 0 spiro atoms. The first-order chi connectivity index (χ1) is 4.00. The molecule has 0 aromatic rings. The Morgan fingerprint density at radius 2 is 1.50 bits per heavy atom. The Morgan fingerprint density at radius 1 is 1.00 bits per heavy atom. The lowest BCUT2D eigenvalue weighted by atomic mass is 10.2. The van der Waals surface area contributed by atoms with E-state index in [0.29, 0.717) is 7.18 Å². The molecule has 8 heavy (non-hydrogen) atoms. The maximum atomic E-state index is 9.50. The minimum Gasteiger partial charge on any atom is -0.317 e. The van der Waals surface area contributed by atoms with Gasteiger partial charge >= 0.3 is 0 Å². The maximum absolute atomic E-state index is 9.50. The summed E-state index contributed by atoms with van der Waals surface area (Å²) in [6, 6.07) is 0. The van der Waals surface area contributed by atoms with Gasteiger partial charge in [0.25, 0.3) is 0 Å². The summed E-state index contributed by atoms with van der Waals surface area (Å²) < 4.78 is 9.50. The molecule has 1 aliphatic heterocycles. The standard InChI is InChI=1S/C5H11N.CH3F/c1-2-4-6-5-3-1;1-2/h6H,1-5H2;1H3. The zero-order valence-corrected chi connectivity index (χ0v) is 5.41. The largest absolute Gasteiger partial charge is 0.317 e. The zero-order valence-electron chi connectivity index (χ0n) is 5.41. The number of hydrogen-bond donors (Lipinski definition) is 1. The fourth-order valence-electron chi connectivity index (χ4n) is 0.802. The molecule has 1 fully saturated rings. The van der Waals surface area contributed by atoms with E-state index in [1.54, 1.807) is 0 Å². The molecule has 0 bridgehead atoms.